The standard InChI is InChI=1S/C7H7BrOS/c1-5(4-9)7-6(8)2-3-10-7/h2-5H,1H3. The van der Waals surface area contributed by atoms with Crippen LogP contribution < -0.4 is 0 Å². The summed E-state index contributed by atoms with van der Waals surface area (Å²) in [7, 11) is 0. The lowest BCUT2D eigenvalue weighted by Gasteiger charge is -1.98. The highest BCUT2D eigenvalue weighted by atomic mass is 79.9. The maximum absolute atomic E-state index is 10.3. The van der Waals surface area contributed by atoms with Gasteiger partial charge >= 0.3 is 0 Å². The molecule has 1 rings (SSSR count). The Labute approximate surface area is 72.2 Å². The van der Waals surface area contributed by atoms with E-state index >= 15 is 0 Å². The van der Waals surface area contributed by atoms with Gasteiger partial charge in [0.15, 0.2) is 0 Å². The van der Waals surface area contributed by atoms with E-state index in [1.807, 2.05) is 18.4 Å². The molecule has 0 aliphatic carbocycles. The molecular formula is C7H7BrOS. The Hall–Kier alpha value is -0.150. The van der Waals surface area contributed by atoms with Crippen LogP contribution in [0.3, 0.4) is 0 Å². The minimum absolute atomic E-state index is 0.0226. The van der Waals surface area contributed by atoms with Crippen molar-refractivity contribution >= 4 is 33.6 Å². The van der Waals surface area contributed by atoms with Gasteiger partial charge in [0.1, 0.15) is 6.29 Å². The van der Waals surface area contributed by atoms with E-state index in [1.54, 1.807) is 11.3 Å². The molecule has 1 unspecified atom stereocenters. The summed E-state index contributed by atoms with van der Waals surface area (Å²) in [5.74, 6) is 0.0226. The summed E-state index contributed by atoms with van der Waals surface area (Å²) < 4.78 is 1.04. The molecule has 0 fully saturated rings. The Kier molecular flexibility index (Phi) is 2.63. The molecule has 1 heterocycles. The van der Waals surface area contributed by atoms with Crippen molar-refractivity contribution in [3.05, 3.63) is 20.8 Å². The van der Waals surface area contributed by atoms with Crippen molar-refractivity contribution < 1.29 is 4.79 Å². The van der Waals surface area contributed by atoms with Gasteiger partial charge in [-0.1, -0.05) is 6.92 Å². The predicted octanol–water partition coefficient (Wildman–Crippen LogP) is 2.81. The van der Waals surface area contributed by atoms with Gasteiger partial charge in [0.25, 0.3) is 0 Å². The summed E-state index contributed by atoms with van der Waals surface area (Å²) in [6, 6.07) is 1.96. The molecule has 1 aromatic rings. The number of hydrogen-bond donors (Lipinski definition) is 0. The third-order valence-electron chi connectivity index (χ3n) is 1.26. The molecule has 0 aliphatic heterocycles. The van der Waals surface area contributed by atoms with Crippen molar-refractivity contribution in [2.24, 2.45) is 0 Å². The van der Waals surface area contributed by atoms with Crippen LogP contribution in [-0.2, 0) is 4.79 Å². The van der Waals surface area contributed by atoms with Crippen LogP contribution in [0, 0.1) is 0 Å². The Morgan fingerprint density at radius 3 is 2.90 bits per heavy atom. The van der Waals surface area contributed by atoms with Gasteiger partial charge in [0.05, 0.1) is 0 Å². The van der Waals surface area contributed by atoms with E-state index in [-0.39, 0.29) is 5.92 Å². The van der Waals surface area contributed by atoms with E-state index in [2.05, 4.69) is 15.9 Å². The second-order valence-corrected chi connectivity index (χ2v) is 3.86. The third kappa shape index (κ3) is 1.47. The zero-order valence-electron chi connectivity index (χ0n) is 5.50. The molecule has 10 heavy (non-hydrogen) atoms. The van der Waals surface area contributed by atoms with Gasteiger partial charge in [-0.05, 0) is 27.4 Å². The quantitative estimate of drug-likeness (QED) is 0.699. The second-order valence-electron chi connectivity index (χ2n) is 2.06. The van der Waals surface area contributed by atoms with Crippen LogP contribution in [-0.4, -0.2) is 6.29 Å². The SMILES string of the molecule is CC(C=O)c1sccc1Br. The summed E-state index contributed by atoms with van der Waals surface area (Å²) in [5.41, 5.74) is 0. The third-order valence-corrected chi connectivity index (χ3v) is 3.33. The van der Waals surface area contributed by atoms with E-state index < -0.39 is 0 Å². The van der Waals surface area contributed by atoms with E-state index in [9.17, 15) is 4.79 Å². The molecule has 0 bridgehead atoms. The molecule has 0 aromatic carbocycles. The molecule has 1 atom stereocenters. The fourth-order valence-electron chi connectivity index (χ4n) is 0.692. The average molecular weight is 219 g/mol. The molecule has 0 amide bonds. The number of halogens is 1. The molecule has 0 saturated heterocycles. The summed E-state index contributed by atoms with van der Waals surface area (Å²) in [6.07, 6.45) is 0.955. The van der Waals surface area contributed by atoms with Crippen LogP contribution in [0.1, 0.15) is 17.7 Å². The number of aldehydes is 1. The lowest BCUT2D eigenvalue weighted by molar-refractivity contribution is -0.108. The first-order valence-electron chi connectivity index (χ1n) is 2.94. The number of hydrogen-bond acceptors (Lipinski definition) is 2. The first-order valence-corrected chi connectivity index (χ1v) is 4.61. The highest BCUT2D eigenvalue weighted by Crippen LogP contribution is 2.28. The molecule has 0 radical (unpaired) electrons. The van der Waals surface area contributed by atoms with Crippen LogP contribution in [0.25, 0.3) is 0 Å². The summed E-state index contributed by atoms with van der Waals surface area (Å²) in [6.45, 7) is 1.89. The van der Waals surface area contributed by atoms with Crippen LogP contribution in [0.5, 0.6) is 0 Å². The van der Waals surface area contributed by atoms with Crippen LogP contribution in [0.2, 0.25) is 0 Å². The molecule has 0 saturated carbocycles. The van der Waals surface area contributed by atoms with E-state index in [4.69, 9.17) is 0 Å². The van der Waals surface area contributed by atoms with E-state index in [1.165, 1.54) is 0 Å². The van der Waals surface area contributed by atoms with Gasteiger partial charge < -0.3 is 4.79 Å². The first-order chi connectivity index (χ1) is 4.75. The monoisotopic (exact) mass is 218 g/mol. The van der Waals surface area contributed by atoms with Gasteiger partial charge in [-0.2, -0.15) is 0 Å². The van der Waals surface area contributed by atoms with Crippen molar-refractivity contribution in [2.45, 2.75) is 12.8 Å². The Balaban J connectivity index is 2.92. The maximum atomic E-state index is 10.3. The summed E-state index contributed by atoms with van der Waals surface area (Å²) in [4.78, 5) is 11.4. The second kappa shape index (κ2) is 3.30. The fourth-order valence-corrected chi connectivity index (χ4v) is 2.44. The molecule has 54 valence electrons. The van der Waals surface area contributed by atoms with E-state index in [0.29, 0.717) is 0 Å². The smallest absolute Gasteiger partial charge is 0.128 e. The largest absolute Gasteiger partial charge is 0.303 e. The summed E-state index contributed by atoms with van der Waals surface area (Å²) >= 11 is 4.96. The predicted molar refractivity (Wildman–Crippen MR) is 46.5 cm³/mol. The number of thiophene rings is 1. The zero-order chi connectivity index (χ0) is 7.56. The lowest BCUT2D eigenvalue weighted by Crippen LogP contribution is -1.90. The van der Waals surface area contributed by atoms with Crippen LogP contribution >= 0.6 is 27.3 Å². The molecule has 1 nitrogen and oxygen atoms in total. The highest BCUT2D eigenvalue weighted by molar-refractivity contribution is 9.10. The molecule has 1 aromatic heterocycles. The van der Waals surface area contributed by atoms with Gasteiger partial charge in [-0.3, -0.25) is 0 Å². The fraction of sp³-hybridized carbons (Fsp3) is 0.286. The Morgan fingerprint density at radius 2 is 2.50 bits per heavy atom. The molecule has 0 aliphatic rings. The minimum atomic E-state index is 0.0226. The zero-order valence-corrected chi connectivity index (χ0v) is 7.91. The Bertz CT molecular complexity index is 231. The molecule has 0 spiro atoms. The van der Waals surface area contributed by atoms with Crippen LogP contribution in [0.15, 0.2) is 15.9 Å². The van der Waals surface area contributed by atoms with Gasteiger partial charge in [0.2, 0.25) is 0 Å². The highest BCUT2D eigenvalue weighted by Gasteiger charge is 2.08. The molecule has 3 heteroatoms. The number of carbonyl (C=O) groups is 1. The molecule has 0 N–H and O–H groups in total. The first kappa shape index (κ1) is 7.95. The van der Waals surface area contributed by atoms with Crippen molar-refractivity contribution in [3.63, 3.8) is 0 Å². The van der Waals surface area contributed by atoms with Gasteiger partial charge in [-0.15, -0.1) is 11.3 Å². The van der Waals surface area contributed by atoms with Crippen molar-refractivity contribution in [3.8, 4) is 0 Å². The topological polar surface area (TPSA) is 17.1 Å². The van der Waals surface area contributed by atoms with Gasteiger partial charge in [-0.25, -0.2) is 0 Å². The van der Waals surface area contributed by atoms with E-state index in [0.717, 1.165) is 15.6 Å². The summed E-state index contributed by atoms with van der Waals surface area (Å²) in [5, 5.41) is 1.97. The maximum Gasteiger partial charge on any atom is 0.128 e. The Morgan fingerprint density at radius 1 is 1.80 bits per heavy atom. The number of rotatable bonds is 2. The number of carbonyl (C=O) groups excluding carboxylic acids is 1. The lowest BCUT2D eigenvalue weighted by atomic mass is 10.2. The minimum Gasteiger partial charge on any atom is -0.303 e. The van der Waals surface area contributed by atoms with Crippen molar-refractivity contribution in [2.75, 3.05) is 0 Å². The van der Waals surface area contributed by atoms with Gasteiger partial charge in [0, 0.05) is 15.3 Å². The molecular weight excluding hydrogens is 212 g/mol. The van der Waals surface area contributed by atoms with Crippen LogP contribution in [0.4, 0.5) is 0 Å². The normalized spacial score (nSPS) is 13.0. The average Bonchev–Trinajstić information content (AvgIpc) is 2.34. The van der Waals surface area contributed by atoms with Crippen molar-refractivity contribution in [1.29, 1.82) is 0 Å². The van der Waals surface area contributed by atoms with Crippen molar-refractivity contribution in [1.82, 2.24) is 0 Å².